The molecule has 1 aliphatic heterocycles. The number of rotatable bonds is 2. The molecule has 4 heteroatoms. The van der Waals surface area contributed by atoms with Crippen molar-refractivity contribution in [1.29, 1.82) is 0 Å². The van der Waals surface area contributed by atoms with Gasteiger partial charge in [-0.2, -0.15) is 0 Å². The summed E-state index contributed by atoms with van der Waals surface area (Å²) in [5.41, 5.74) is 5.64. The van der Waals surface area contributed by atoms with E-state index < -0.39 is 0 Å². The molecule has 1 aliphatic carbocycles. The molecular weight excluding hydrogens is 208 g/mol. The van der Waals surface area contributed by atoms with Gasteiger partial charge in [0.05, 0.1) is 0 Å². The van der Waals surface area contributed by atoms with Gasteiger partial charge in [0, 0.05) is 28.8 Å². The molecule has 3 N–H and O–H groups in total. The molecule has 80 valence electrons. The molecule has 1 unspecified atom stereocenters. The Morgan fingerprint density at radius 2 is 2.40 bits per heavy atom. The first-order chi connectivity index (χ1) is 7.21. The predicted molar refractivity (Wildman–Crippen MR) is 59.4 cm³/mol. The SMILES string of the molecule is NC(=O)C1CC2(CNC2c2cccs2)C1. The Bertz CT molecular complexity index is 381. The van der Waals surface area contributed by atoms with Gasteiger partial charge in [-0.3, -0.25) is 4.79 Å². The summed E-state index contributed by atoms with van der Waals surface area (Å²) in [5, 5.41) is 5.56. The summed E-state index contributed by atoms with van der Waals surface area (Å²) >= 11 is 1.79. The molecular formula is C11H14N2OS. The van der Waals surface area contributed by atoms with E-state index in [9.17, 15) is 4.79 Å². The van der Waals surface area contributed by atoms with Crippen LogP contribution in [0.4, 0.5) is 0 Å². The molecule has 1 spiro atoms. The third-order valence-corrected chi connectivity index (χ3v) is 4.74. The quantitative estimate of drug-likeness (QED) is 0.792. The van der Waals surface area contributed by atoms with Crippen LogP contribution in [0.25, 0.3) is 0 Å². The van der Waals surface area contributed by atoms with Gasteiger partial charge in [-0.1, -0.05) is 6.07 Å². The van der Waals surface area contributed by atoms with Crippen LogP contribution in [-0.4, -0.2) is 12.5 Å². The zero-order chi connectivity index (χ0) is 10.5. The monoisotopic (exact) mass is 222 g/mol. The summed E-state index contributed by atoms with van der Waals surface area (Å²) in [5.74, 6) is -0.00739. The van der Waals surface area contributed by atoms with Crippen LogP contribution in [0.15, 0.2) is 17.5 Å². The van der Waals surface area contributed by atoms with Crippen LogP contribution in [0.5, 0.6) is 0 Å². The van der Waals surface area contributed by atoms with Crippen molar-refractivity contribution in [3.63, 3.8) is 0 Å². The maximum absolute atomic E-state index is 11.0. The average Bonchev–Trinajstić information content (AvgIpc) is 2.51. The van der Waals surface area contributed by atoms with E-state index in [0.717, 1.165) is 19.4 Å². The Morgan fingerprint density at radius 3 is 2.87 bits per heavy atom. The first kappa shape index (κ1) is 9.36. The van der Waals surface area contributed by atoms with Crippen molar-refractivity contribution in [3.05, 3.63) is 22.4 Å². The normalized spacial score (nSPS) is 38.4. The van der Waals surface area contributed by atoms with Crippen molar-refractivity contribution < 1.29 is 4.79 Å². The van der Waals surface area contributed by atoms with Crippen molar-refractivity contribution in [2.24, 2.45) is 17.1 Å². The van der Waals surface area contributed by atoms with Crippen LogP contribution in [0.1, 0.15) is 23.8 Å². The minimum Gasteiger partial charge on any atom is -0.369 e. The highest BCUT2D eigenvalue weighted by Crippen LogP contribution is 2.58. The number of thiophene rings is 1. The molecule has 3 rings (SSSR count). The topological polar surface area (TPSA) is 55.1 Å². The fourth-order valence-corrected chi connectivity index (χ4v) is 3.79. The summed E-state index contributed by atoms with van der Waals surface area (Å²) in [4.78, 5) is 12.4. The Balaban J connectivity index is 1.73. The molecule has 1 saturated carbocycles. The first-order valence-corrected chi connectivity index (χ1v) is 6.15. The third-order valence-electron chi connectivity index (χ3n) is 3.81. The summed E-state index contributed by atoms with van der Waals surface area (Å²) in [7, 11) is 0. The Kier molecular flexibility index (Phi) is 1.91. The first-order valence-electron chi connectivity index (χ1n) is 5.27. The predicted octanol–water partition coefficient (Wildman–Crippen LogP) is 1.27. The lowest BCUT2D eigenvalue weighted by atomic mass is 9.54. The van der Waals surface area contributed by atoms with Gasteiger partial charge in [-0.05, 0) is 24.3 Å². The Morgan fingerprint density at radius 1 is 1.60 bits per heavy atom. The molecule has 15 heavy (non-hydrogen) atoms. The van der Waals surface area contributed by atoms with Gasteiger partial charge >= 0.3 is 0 Å². The van der Waals surface area contributed by atoms with Crippen LogP contribution >= 0.6 is 11.3 Å². The van der Waals surface area contributed by atoms with E-state index in [0.29, 0.717) is 11.5 Å². The molecule has 0 radical (unpaired) electrons. The van der Waals surface area contributed by atoms with Gasteiger partial charge in [0.2, 0.25) is 5.91 Å². The molecule has 3 nitrogen and oxygen atoms in total. The second kappa shape index (κ2) is 3.06. The summed E-state index contributed by atoms with van der Waals surface area (Å²) in [6.07, 6.45) is 1.94. The minimum atomic E-state index is -0.127. The molecule has 1 amide bonds. The number of amides is 1. The van der Waals surface area contributed by atoms with Gasteiger partial charge in [-0.25, -0.2) is 0 Å². The van der Waals surface area contributed by atoms with Crippen LogP contribution < -0.4 is 11.1 Å². The molecule has 1 aromatic heterocycles. The van der Waals surface area contributed by atoms with Crippen LogP contribution in [0, 0.1) is 11.3 Å². The van der Waals surface area contributed by atoms with Gasteiger partial charge < -0.3 is 11.1 Å². The molecule has 2 aliphatic rings. The van der Waals surface area contributed by atoms with E-state index in [1.807, 2.05) is 0 Å². The summed E-state index contributed by atoms with van der Waals surface area (Å²) in [6.45, 7) is 1.04. The number of nitrogens with one attached hydrogen (secondary N) is 1. The van der Waals surface area contributed by atoms with Crippen molar-refractivity contribution in [3.8, 4) is 0 Å². The van der Waals surface area contributed by atoms with E-state index in [2.05, 4.69) is 22.8 Å². The van der Waals surface area contributed by atoms with Crippen LogP contribution in [-0.2, 0) is 4.79 Å². The maximum Gasteiger partial charge on any atom is 0.220 e. The molecule has 2 fully saturated rings. The second-order valence-corrected chi connectivity index (χ2v) is 5.68. The lowest BCUT2D eigenvalue weighted by Gasteiger charge is -2.59. The smallest absolute Gasteiger partial charge is 0.220 e. The lowest BCUT2D eigenvalue weighted by molar-refractivity contribution is -0.135. The van der Waals surface area contributed by atoms with E-state index in [1.165, 1.54) is 4.88 Å². The number of carbonyl (C=O) groups excluding carboxylic acids is 1. The number of hydrogen-bond acceptors (Lipinski definition) is 3. The lowest BCUT2D eigenvalue weighted by Crippen LogP contribution is -2.63. The number of hydrogen-bond donors (Lipinski definition) is 2. The molecule has 0 aromatic carbocycles. The zero-order valence-corrected chi connectivity index (χ0v) is 9.22. The Labute approximate surface area is 92.7 Å². The van der Waals surface area contributed by atoms with Gasteiger partial charge in [-0.15, -0.1) is 11.3 Å². The molecule has 1 atom stereocenters. The van der Waals surface area contributed by atoms with Crippen LogP contribution in [0.3, 0.4) is 0 Å². The Hall–Kier alpha value is -0.870. The van der Waals surface area contributed by atoms with E-state index in [4.69, 9.17) is 5.73 Å². The minimum absolute atomic E-state index is 0.120. The maximum atomic E-state index is 11.0. The standard InChI is InChI=1S/C11H14N2OS/c12-10(14)7-4-11(5-7)6-13-9(11)8-2-1-3-15-8/h1-3,7,9,13H,4-6H2,(H2,12,14). The van der Waals surface area contributed by atoms with Crippen molar-refractivity contribution in [1.82, 2.24) is 5.32 Å². The highest BCUT2D eigenvalue weighted by Gasteiger charge is 2.57. The largest absolute Gasteiger partial charge is 0.369 e. The van der Waals surface area contributed by atoms with E-state index in [1.54, 1.807) is 11.3 Å². The molecule has 0 bridgehead atoms. The highest BCUT2D eigenvalue weighted by atomic mass is 32.1. The van der Waals surface area contributed by atoms with E-state index >= 15 is 0 Å². The van der Waals surface area contributed by atoms with Crippen LogP contribution in [0.2, 0.25) is 0 Å². The molecule has 1 aromatic rings. The van der Waals surface area contributed by atoms with Gasteiger partial charge in [0.15, 0.2) is 0 Å². The van der Waals surface area contributed by atoms with Crippen molar-refractivity contribution >= 4 is 17.2 Å². The molecule has 1 saturated heterocycles. The number of primary amides is 1. The van der Waals surface area contributed by atoms with Crippen molar-refractivity contribution in [2.75, 3.05) is 6.54 Å². The zero-order valence-electron chi connectivity index (χ0n) is 8.40. The highest BCUT2D eigenvalue weighted by molar-refractivity contribution is 7.10. The average molecular weight is 222 g/mol. The third kappa shape index (κ3) is 1.25. The van der Waals surface area contributed by atoms with Gasteiger partial charge in [0.25, 0.3) is 0 Å². The number of carbonyl (C=O) groups is 1. The fraction of sp³-hybridized carbons (Fsp3) is 0.545. The van der Waals surface area contributed by atoms with E-state index in [-0.39, 0.29) is 11.8 Å². The molecule has 2 heterocycles. The number of nitrogens with two attached hydrogens (primary N) is 1. The van der Waals surface area contributed by atoms with Gasteiger partial charge in [0.1, 0.15) is 0 Å². The fourth-order valence-electron chi connectivity index (χ4n) is 2.85. The summed E-state index contributed by atoms with van der Waals surface area (Å²) in [6, 6.07) is 4.71. The summed E-state index contributed by atoms with van der Waals surface area (Å²) < 4.78 is 0. The second-order valence-electron chi connectivity index (χ2n) is 4.70. The van der Waals surface area contributed by atoms with Crippen molar-refractivity contribution in [2.45, 2.75) is 18.9 Å².